The second-order valence-corrected chi connectivity index (χ2v) is 13.2. The van der Waals surface area contributed by atoms with Crippen molar-refractivity contribution in [3.63, 3.8) is 0 Å². The Morgan fingerprint density at radius 2 is 1.43 bits per heavy atom. The quantitative estimate of drug-likeness (QED) is 0.163. The van der Waals surface area contributed by atoms with E-state index >= 15 is 0 Å². The zero-order chi connectivity index (χ0) is 28.7. The Hall–Kier alpha value is -0.633. The molecule has 1 atom stereocenters. The third-order valence-corrected chi connectivity index (χ3v) is 8.06. The Labute approximate surface area is 290 Å². The summed E-state index contributed by atoms with van der Waals surface area (Å²) in [4.78, 5) is 2.53. The van der Waals surface area contributed by atoms with Crippen molar-refractivity contribution in [1.82, 2.24) is 4.48 Å². The van der Waals surface area contributed by atoms with Crippen LogP contribution < -0.4 is 9.38 Å². The molecule has 0 aliphatic carbocycles. The fraction of sp³-hybridized carbons (Fsp3) is 0.382. The summed E-state index contributed by atoms with van der Waals surface area (Å²) in [6.07, 6.45) is 1.11. The molecule has 1 aliphatic rings. The topological polar surface area (TPSA) is 23.5 Å². The molecule has 1 saturated heterocycles. The minimum absolute atomic E-state index is 0. The summed E-state index contributed by atoms with van der Waals surface area (Å²) in [7, 11) is 12.2. The number of hydrogen-bond acceptors (Lipinski definition) is 2. The van der Waals surface area contributed by atoms with Crippen LogP contribution in [-0.4, -0.2) is 36.4 Å². The van der Waals surface area contributed by atoms with Crippen molar-refractivity contribution in [3.05, 3.63) is 103 Å². The maximum absolute atomic E-state index is 9.17. The van der Waals surface area contributed by atoms with E-state index in [9.17, 15) is 0 Å². The molecule has 4 rings (SSSR count). The summed E-state index contributed by atoms with van der Waals surface area (Å²) in [5.74, 6) is 0.303. The van der Waals surface area contributed by atoms with E-state index in [2.05, 4.69) is 110 Å². The van der Waals surface area contributed by atoms with E-state index in [-0.39, 0.29) is 75.4 Å². The fourth-order valence-electron chi connectivity index (χ4n) is 5.17. The first-order valence-electron chi connectivity index (χ1n) is 13.3. The third kappa shape index (κ3) is 9.98. The van der Waals surface area contributed by atoms with Gasteiger partial charge >= 0.3 is 70.7 Å². The van der Waals surface area contributed by atoms with Crippen LogP contribution in [0.5, 0.6) is 5.75 Å². The van der Waals surface area contributed by atoms with Gasteiger partial charge in [0.1, 0.15) is 5.69 Å². The van der Waals surface area contributed by atoms with Gasteiger partial charge < -0.3 is 12.3 Å². The van der Waals surface area contributed by atoms with Crippen LogP contribution in [0.1, 0.15) is 63.3 Å². The van der Waals surface area contributed by atoms with Crippen LogP contribution >= 0.6 is 9.69 Å². The molecule has 0 saturated carbocycles. The van der Waals surface area contributed by atoms with Crippen LogP contribution in [0, 0.1) is 69.1 Å². The summed E-state index contributed by atoms with van der Waals surface area (Å²) < 4.78 is 2.69. The van der Waals surface area contributed by atoms with Gasteiger partial charge in [-0.2, -0.15) is 0 Å². The van der Waals surface area contributed by atoms with Gasteiger partial charge in [0, 0.05) is 64.7 Å². The third-order valence-electron chi connectivity index (χ3n) is 6.88. The van der Waals surface area contributed by atoms with Gasteiger partial charge in [0.25, 0.3) is 0 Å². The van der Waals surface area contributed by atoms with Gasteiger partial charge in [-0.05, 0) is 45.2 Å². The molecule has 3 nitrogen and oxygen atoms in total. The van der Waals surface area contributed by atoms with Crippen molar-refractivity contribution < 1.29 is 62.1 Å². The van der Waals surface area contributed by atoms with E-state index in [1.807, 2.05) is 30.6 Å². The Kier molecular flexibility index (Phi) is 16.6. The van der Waals surface area contributed by atoms with E-state index < -0.39 is 0 Å². The monoisotopic (exact) mass is 779 g/mol. The molecule has 0 bridgehead atoms. The molecule has 0 aromatic heterocycles. The van der Waals surface area contributed by atoms with Crippen LogP contribution in [0.15, 0.2) is 66.7 Å². The van der Waals surface area contributed by atoms with Crippen LogP contribution in [0.4, 0.5) is 11.4 Å². The van der Waals surface area contributed by atoms with Gasteiger partial charge in [-0.25, -0.2) is 6.54 Å². The number of para-hydroxylation sites is 1. The molecule has 1 radical (unpaired) electrons. The van der Waals surface area contributed by atoms with Crippen molar-refractivity contribution in [2.45, 2.75) is 65.8 Å². The van der Waals surface area contributed by atoms with Gasteiger partial charge in [0.05, 0.1) is 21.1 Å². The van der Waals surface area contributed by atoms with Crippen molar-refractivity contribution in [1.29, 1.82) is 0 Å². The Morgan fingerprint density at radius 3 is 1.90 bits per heavy atom. The number of rotatable bonds is 4. The molecular formula is C34H49ClN2OPrRu-. The van der Waals surface area contributed by atoms with Gasteiger partial charge in [-0.1, -0.05) is 56.7 Å². The van der Waals surface area contributed by atoms with E-state index in [1.165, 1.54) is 28.1 Å². The van der Waals surface area contributed by atoms with Gasteiger partial charge in [0.2, 0.25) is 0 Å². The first-order chi connectivity index (χ1) is 17.8. The molecule has 1 heterocycles. The van der Waals surface area contributed by atoms with E-state index in [4.69, 9.17) is 14.8 Å². The number of quaternary nitrogens is 1. The molecule has 1 N–H and O–H groups in total. The molecule has 40 heavy (non-hydrogen) atoms. The minimum atomic E-state index is -0.250. The van der Waals surface area contributed by atoms with Crippen LogP contribution in [0.25, 0.3) is 0 Å². The molecule has 0 amide bonds. The number of aryl methyl sites for hydroxylation is 2. The molecule has 3 aromatic carbocycles. The normalized spacial score (nSPS) is 17.7. The van der Waals surface area contributed by atoms with Gasteiger partial charge in [-0.3, -0.25) is 4.48 Å². The smallest absolute Gasteiger partial charge is 0 e. The van der Waals surface area contributed by atoms with Crippen LogP contribution in [0.3, 0.4) is 0 Å². The zero-order valence-electron chi connectivity index (χ0n) is 26.4. The van der Waals surface area contributed by atoms with Crippen LogP contribution in [-0.2, 0) is 21.1 Å². The van der Waals surface area contributed by atoms with Crippen molar-refractivity contribution >= 4 is 25.7 Å². The number of phenolic OH excluding ortho intramolecular Hbond substituents is 1. The van der Waals surface area contributed by atoms with E-state index in [0.717, 1.165) is 16.5 Å². The summed E-state index contributed by atoms with van der Waals surface area (Å²) in [5, 5.41) is 9.17. The number of aromatic hydroxyl groups is 1. The molecular weight excluding hydrogens is 730 g/mol. The number of benzene rings is 3. The first kappa shape index (κ1) is 39.4. The largest absolute Gasteiger partial charge is 0.358 e. The Balaban J connectivity index is 0.000000920. The minimum Gasteiger partial charge on any atom is -0.358 e. The number of nitrogens with zero attached hydrogens (tertiary/aromatic N) is 2. The first-order valence-corrected chi connectivity index (χ1v) is 16.5. The van der Waals surface area contributed by atoms with E-state index in [1.54, 1.807) is 12.1 Å². The summed E-state index contributed by atoms with van der Waals surface area (Å²) in [6.45, 7) is 18.1. The predicted octanol–water partition coefficient (Wildman–Crippen LogP) is 8.86. The maximum atomic E-state index is 9.17. The van der Waals surface area contributed by atoms with Crippen LogP contribution in [0.2, 0.25) is 0 Å². The molecule has 1 unspecified atom stereocenters. The molecule has 0 spiro atoms. The summed E-state index contributed by atoms with van der Waals surface area (Å²) in [5.41, 5.74) is 7.80. The molecule has 1 fully saturated rings. The molecule has 3 aromatic rings. The molecule has 220 valence electrons. The Morgan fingerprint density at radius 1 is 0.925 bits per heavy atom. The summed E-state index contributed by atoms with van der Waals surface area (Å²) in [6, 6.07) is 22.8. The standard InChI is InChI=1S/C24H34N2.C7H6O.C2H6.CH3.ClH.Pr.Ru/c1-18-14-21(26(6,7)8)15-19(2)22(18)25-17-24(5,16-23(25,3)4)20-12-10-9-11-13-20;1-6-4-2-3-5-7(6)8;1-2;;;;/h9-15,17H,16H2,1-8H3;1-5,8H;1-2H3;1H3;1H;;/q;;;-1;;;+1/p-1. The molecule has 1 aliphatic heterocycles. The summed E-state index contributed by atoms with van der Waals surface area (Å²) >= 11 is -0.250. The van der Waals surface area contributed by atoms with Crippen molar-refractivity contribution in [2.24, 2.45) is 0 Å². The average molecular weight is 779 g/mol. The average Bonchev–Trinajstić information content (AvgIpc) is 3.11. The Bertz CT molecular complexity index is 1200. The van der Waals surface area contributed by atoms with Crippen molar-refractivity contribution in [2.75, 3.05) is 26.0 Å². The number of hydrogen-bond donors (Lipinski definition) is 1. The maximum Gasteiger partial charge on any atom is 0 e. The predicted molar refractivity (Wildman–Crippen MR) is 172 cm³/mol. The fourth-order valence-corrected chi connectivity index (χ4v) is 6.29. The molecule has 6 heteroatoms. The number of halogens is 1. The van der Waals surface area contributed by atoms with E-state index in [0.29, 0.717) is 5.75 Å². The zero-order valence-corrected chi connectivity index (χ0v) is 32.6. The number of phenols is 1. The second kappa shape index (κ2) is 16.9. The number of anilines is 1. The van der Waals surface area contributed by atoms with Gasteiger partial charge in [0.15, 0.2) is 0 Å². The van der Waals surface area contributed by atoms with Crippen molar-refractivity contribution in [3.8, 4) is 5.75 Å². The van der Waals surface area contributed by atoms with Gasteiger partial charge in [-0.15, -0.1) is 5.41 Å². The SMILES string of the molecule is CC.Cc1cc([N+](C)(C)C)cc(C)c1N1[CH-]C(C)(c2ccccc2)CC1(C)C.Oc1ccccc1[CH]=[Ru][Cl].[CH3-].[Pr]. The second-order valence-electron chi connectivity index (χ2n) is 11.5.